The number of rotatable bonds is 13. The summed E-state index contributed by atoms with van der Waals surface area (Å²) < 4.78 is 11.9. The lowest BCUT2D eigenvalue weighted by molar-refractivity contribution is -0.116. The van der Waals surface area contributed by atoms with Crippen molar-refractivity contribution in [2.45, 2.75) is 57.2 Å². The zero-order valence-electron chi connectivity index (χ0n) is 24.5. The molecule has 1 amide bonds. The average Bonchev–Trinajstić information content (AvgIpc) is 3.70. The summed E-state index contributed by atoms with van der Waals surface area (Å²) in [5.41, 5.74) is 6.18. The van der Waals surface area contributed by atoms with Crippen molar-refractivity contribution >= 4 is 34.6 Å². The summed E-state index contributed by atoms with van der Waals surface area (Å²) in [5, 5.41) is 20.4. The lowest BCUT2D eigenvalue weighted by Crippen LogP contribution is -2.31. The van der Waals surface area contributed by atoms with Crippen molar-refractivity contribution in [1.29, 1.82) is 5.26 Å². The van der Waals surface area contributed by atoms with Crippen LogP contribution in [0, 0.1) is 23.2 Å². The Morgan fingerprint density at radius 1 is 1.21 bits per heavy atom. The number of amides is 1. The molecule has 0 aromatic heterocycles. The van der Waals surface area contributed by atoms with Crippen molar-refractivity contribution in [3.05, 3.63) is 40.9 Å². The molecule has 4 atom stereocenters. The van der Waals surface area contributed by atoms with Gasteiger partial charge in [-0.15, -0.1) is 0 Å². The first-order valence-electron chi connectivity index (χ1n) is 14.8. The Morgan fingerprint density at radius 2 is 2.05 bits per heavy atom. The molecule has 4 N–H and O–H groups in total. The third-order valence-corrected chi connectivity index (χ3v) is 8.19. The van der Waals surface area contributed by atoms with Crippen LogP contribution in [0.1, 0.15) is 50.6 Å². The quantitative estimate of drug-likeness (QED) is 0.248. The number of benzene rings is 2. The van der Waals surface area contributed by atoms with Crippen LogP contribution >= 0.6 is 11.6 Å². The van der Waals surface area contributed by atoms with Gasteiger partial charge in [0.05, 0.1) is 47.5 Å². The van der Waals surface area contributed by atoms with Crippen molar-refractivity contribution in [3.63, 3.8) is 0 Å². The van der Waals surface area contributed by atoms with Gasteiger partial charge in [0.1, 0.15) is 18.1 Å². The first-order chi connectivity index (χ1) is 20.3. The molecular weight excluding hydrogens is 556 g/mol. The molecule has 2 aromatic rings. The number of carbonyl (C=O) groups excluding carboxylic acids is 1. The number of fused-ring (bicyclic) bond motifs is 1. The number of nitrogens with zero attached hydrogens (tertiary/aromatic N) is 2. The molecule has 0 spiro atoms. The van der Waals surface area contributed by atoms with E-state index in [1.807, 2.05) is 51.4 Å². The SMILES string of the molecule is CCOc1cc2c(cc1NC(=O)CCCN(C)C)C(Nc1ccc(OCC3CC(C4CC4)ON3)c(Cl)c1)C(C#N)CN2. The Bertz CT molecular complexity index is 1300. The summed E-state index contributed by atoms with van der Waals surface area (Å²) in [5.74, 6) is 1.44. The Kier molecular flexibility index (Phi) is 9.95. The second kappa shape index (κ2) is 13.8. The average molecular weight is 597 g/mol. The molecule has 5 rings (SSSR count). The molecule has 2 fully saturated rings. The number of nitriles is 1. The molecule has 1 aliphatic carbocycles. The van der Waals surface area contributed by atoms with E-state index >= 15 is 0 Å². The van der Waals surface area contributed by atoms with E-state index in [1.54, 1.807) is 0 Å². The van der Waals surface area contributed by atoms with Gasteiger partial charge in [-0.05, 0) is 83.4 Å². The lowest BCUT2D eigenvalue weighted by atomic mass is 9.88. The van der Waals surface area contributed by atoms with E-state index in [9.17, 15) is 10.1 Å². The first kappa shape index (κ1) is 30.2. The molecule has 4 unspecified atom stereocenters. The Morgan fingerprint density at radius 3 is 2.76 bits per heavy atom. The Hall–Kier alpha value is -3.23. The number of anilines is 3. The molecule has 1 saturated carbocycles. The van der Waals surface area contributed by atoms with Gasteiger partial charge in [-0.2, -0.15) is 10.7 Å². The van der Waals surface area contributed by atoms with E-state index in [-0.39, 0.29) is 30.0 Å². The van der Waals surface area contributed by atoms with Crippen LogP contribution in [0.25, 0.3) is 0 Å². The van der Waals surface area contributed by atoms with Crippen LogP contribution in [0.15, 0.2) is 30.3 Å². The highest BCUT2D eigenvalue weighted by molar-refractivity contribution is 6.32. The first-order valence-corrected chi connectivity index (χ1v) is 15.2. The summed E-state index contributed by atoms with van der Waals surface area (Å²) >= 11 is 6.63. The lowest BCUT2D eigenvalue weighted by Gasteiger charge is -2.33. The zero-order valence-corrected chi connectivity index (χ0v) is 25.3. The van der Waals surface area contributed by atoms with Gasteiger partial charge in [-0.1, -0.05) is 11.6 Å². The fourth-order valence-corrected chi connectivity index (χ4v) is 5.73. The maximum absolute atomic E-state index is 12.8. The molecule has 10 nitrogen and oxygen atoms in total. The largest absolute Gasteiger partial charge is 0.492 e. The van der Waals surface area contributed by atoms with Crippen molar-refractivity contribution < 1.29 is 19.1 Å². The Balaban J connectivity index is 1.29. The Labute approximate surface area is 253 Å². The van der Waals surface area contributed by atoms with Crippen molar-refractivity contribution in [3.8, 4) is 17.6 Å². The highest BCUT2D eigenvalue weighted by atomic mass is 35.5. The van der Waals surface area contributed by atoms with Crippen LogP contribution in [0.5, 0.6) is 11.5 Å². The van der Waals surface area contributed by atoms with Crippen LogP contribution in [0.3, 0.4) is 0 Å². The molecule has 3 aliphatic rings. The topological polar surface area (TPSA) is 120 Å². The van der Waals surface area contributed by atoms with Gasteiger partial charge >= 0.3 is 0 Å². The number of hydroxylamine groups is 1. The fraction of sp³-hybridized carbons (Fsp3) is 0.548. The summed E-state index contributed by atoms with van der Waals surface area (Å²) in [6.45, 7) is 4.14. The third-order valence-electron chi connectivity index (χ3n) is 7.90. The van der Waals surface area contributed by atoms with E-state index in [2.05, 4.69) is 32.4 Å². The summed E-state index contributed by atoms with van der Waals surface area (Å²) in [6, 6.07) is 11.6. The molecule has 0 radical (unpaired) electrons. The van der Waals surface area contributed by atoms with Crippen LogP contribution in [-0.2, 0) is 9.63 Å². The van der Waals surface area contributed by atoms with Gasteiger partial charge in [0, 0.05) is 36.0 Å². The van der Waals surface area contributed by atoms with E-state index in [0.29, 0.717) is 54.3 Å². The van der Waals surface area contributed by atoms with Gasteiger partial charge in [-0.25, -0.2) is 0 Å². The standard InChI is InChI=1S/C31H41ClN6O4/c1-4-40-29-15-25-23(14-26(29)36-30(39)6-5-11-38(2)3)31(20(16-33)17-34-25)35-21-9-10-27(24(32)12-21)41-18-22-13-28(42-37-22)19-7-8-19/h9-10,12,14-15,19-20,22,28,31,34-35,37H,4-8,11,13,17-18H2,1-3H3,(H,36,39). The van der Waals surface area contributed by atoms with E-state index in [1.165, 1.54) is 12.8 Å². The number of nitrogens with one attached hydrogen (secondary N) is 4. The van der Waals surface area contributed by atoms with Crippen LogP contribution < -0.4 is 30.9 Å². The third kappa shape index (κ3) is 7.58. The molecule has 0 bridgehead atoms. The maximum Gasteiger partial charge on any atom is 0.224 e. The maximum atomic E-state index is 12.8. The van der Waals surface area contributed by atoms with E-state index in [4.69, 9.17) is 25.9 Å². The predicted octanol–water partition coefficient (Wildman–Crippen LogP) is 5.19. The van der Waals surface area contributed by atoms with Gasteiger partial charge in [0.2, 0.25) is 5.91 Å². The minimum atomic E-state index is -0.360. The monoisotopic (exact) mass is 596 g/mol. The summed E-state index contributed by atoms with van der Waals surface area (Å²) in [4.78, 5) is 20.5. The van der Waals surface area contributed by atoms with E-state index < -0.39 is 0 Å². The molecule has 2 aliphatic heterocycles. The smallest absolute Gasteiger partial charge is 0.224 e. The number of ether oxygens (including phenoxy) is 2. The highest BCUT2D eigenvalue weighted by Crippen LogP contribution is 2.42. The van der Waals surface area contributed by atoms with Crippen molar-refractivity contribution in [1.82, 2.24) is 10.4 Å². The molecular formula is C31H41ClN6O4. The van der Waals surface area contributed by atoms with Crippen LogP contribution in [0.4, 0.5) is 17.1 Å². The number of hydrogen-bond acceptors (Lipinski definition) is 9. The fourth-order valence-electron chi connectivity index (χ4n) is 5.50. The second-order valence-corrected chi connectivity index (χ2v) is 12.0. The van der Waals surface area contributed by atoms with Crippen LogP contribution in [-0.4, -0.2) is 63.4 Å². The van der Waals surface area contributed by atoms with Gasteiger partial charge in [-0.3, -0.25) is 9.63 Å². The van der Waals surface area contributed by atoms with Crippen molar-refractivity contribution in [2.24, 2.45) is 11.8 Å². The molecule has 1 saturated heterocycles. The second-order valence-electron chi connectivity index (χ2n) is 11.6. The highest BCUT2D eigenvalue weighted by Gasteiger charge is 2.38. The number of halogens is 1. The molecule has 226 valence electrons. The zero-order chi connectivity index (χ0) is 29.6. The molecule has 42 heavy (non-hydrogen) atoms. The molecule has 2 heterocycles. The van der Waals surface area contributed by atoms with Gasteiger partial charge < -0.3 is 30.3 Å². The van der Waals surface area contributed by atoms with Crippen molar-refractivity contribution in [2.75, 3.05) is 56.3 Å². The van der Waals surface area contributed by atoms with Crippen LogP contribution in [0.2, 0.25) is 5.02 Å². The summed E-state index contributed by atoms with van der Waals surface area (Å²) in [6.07, 6.45) is 4.87. The molecule has 2 aromatic carbocycles. The minimum absolute atomic E-state index is 0.0762. The number of carbonyl (C=O) groups is 1. The van der Waals surface area contributed by atoms with Gasteiger partial charge in [0.25, 0.3) is 0 Å². The van der Waals surface area contributed by atoms with E-state index in [0.717, 1.165) is 36.3 Å². The normalized spacial score (nSPS) is 23.0. The predicted molar refractivity (Wildman–Crippen MR) is 164 cm³/mol. The minimum Gasteiger partial charge on any atom is -0.492 e. The van der Waals surface area contributed by atoms with Gasteiger partial charge in [0.15, 0.2) is 0 Å². The number of hydrogen-bond donors (Lipinski definition) is 4. The molecule has 11 heteroatoms. The summed E-state index contributed by atoms with van der Waals surface area (Å²) in [7, 11) is 3.97.